The van der Waals surface area contributed by atoms with Crippen molar-refractivity contribution in [2.45, 2.75) is 18.4 Å². The van der Waals surface area contributed by atoms with E-state index in [9.17, 15) is 9.59 Å². The van der Waals surface area contributed by atoms with E-state index in [2.05, 4.69) is 4.90 Å². The van der Waals surface area contributed by atoms with Crippen molar-refractivity contribution in [3.8, 4) is 11.5 Å². The Morgan fingerprint density at radius 1 is 0.868 bits per heavy atom. The van der Waals surface area contributed by atoms with Gasteiger partial charge >= 0.3 is 0 Å². The van der Waals surface area contributed by atoms with Gasteiger partial charge in [-0.25, -0.2) is 0 Å². The van der Waals surface area contributed by atoms with Gasteiger partial charge in [-0.05, 0) is 65.6 Å². The third-order valence-electron chi connectivity index (χ3n) is 8.07. The molecule has 8 heteroatoms. The van der Waals surface area contributed by atoms with Crippen molar-refractivity contribution in [1.82, 2.24) is 9.80 Å². The van der Waals surface area contributed by atoms with Crippen LogP contribution in [-0.4, -0.2) is 68.6 Å². The smallest absolute Gasteiger partial charge is 0.254 e. The molecule has 3 aromatic rings. The van der Waals surface area contributed by atoms with Gasteiger partial charge in [0.2, 0.25) is 5.91 Å². The van der Waals surface area contributed by atoms with Crippen molar-refractivity contribution < 1.29 is 19.1 Å². The highest BCUT2D eigenvalue weighted by atomic mass is 35.5. The number of carbonyl (C=O) groups is 2. The number of fused-ring (bicyclic) bond motifs is 4. The number of methoxy groups -OCH3 is 2. The average Bonchev–Trinajstić information content (AvgIpc) is 2.96. The molecule has 6 rings (SSSR count). The molecule has 7 nitrogen and oxygen atoms in total. The number of carbonyl (C=O) groups excluding carboxylic acids is 2. The maximum atomic E-state index is 14.3. The van der Waals surface area contributed by atoms with Crippen molar-refractivity contribution in [1.29, 1.82) is 0 Å². The molecular formula is C30H30ClN3O4. The fraction of sp³-hybridized carbons (Fsp3) is 0.333. The summed E-state index contributed by atoms with van der Waals surface area (Å²) >= 11 is 6.07. The summed E-state index contributed by atoms with van der Waals surface area (Å²) in [7, 11) is 3.23. The van der Waals surface area contributed by atoms with Crippen molar-refractivity contribution >= 4 is 29.1 Å². The number of rotatable bonds is 4. The molecule has 0 spiro atoms. The Labute approximate surface area is 227 Å². The molecule has 1 fully saturated rings. The summed E-state index contributed by atoms with van der Waals surface area (Å²) in [4.78, 5) is 34.1. The second-order valence-electron chi connectivity index (χ2n) is 9.95. The minimum atomic E-state index is -0.497. The fourth-order valence-corrected chi connectivity index (χ4v) is 6.28. The Balaban J connectivity index is 1.36. The van der Waals surface area contributed by atoms with Crippen LogP contribution < -0.4 is 14.4 Å². The maximum Gasteiger partial charge on any atom is 0.254 e. The molecule has 0 unspecified atom stereocenters. The number of anilines is 1. The first-order valence-electron chi connectivity index (χ1n) is 12.9. The first kappa shape index (κ1) is 24.6. The number of ether oxygens (including phenoxy) is 2. The van der Waals surface area contributed by atoms with Crippen molar-refractivity contribution in [3.05, 3.63) is 87.9 Å². The first-order chi connectivity index (χ1) is 18.5. The summed E-state index contributed by atoms with van der Waals surface area (Å²) in [6, 6.07) is 18.9. The molecule has 2 atom stereocenters. The van der Waals surface area contributed by atoms with Crippen LogP contribution in [-0.2, 0) is 11.2 Å². The number of benzene rings is 3. The lowest BCUT2D eigenvalue weighted by atomic mass is 9.75. The highest BCUT2D eigenvalue weighted by Crippen LogP contribution is 2.49. The molecule has 0 radical (unpaired) electrons. The molecule has 3 aliphatic heterocycles. The normalized spacial score (nSPS) is 20.4. The second-order valence-corrected chi connectivity index (χ2v) is 10.4. The van der Waals surface area contributed by atoms with Crippen LogP contribution in [0.25, 0.3) is 0 Å². The summed E-state index contributed by atoms with van der Waals surface area (Å²) < 4.78 is 11.2. The third-order valence-corrected chi connectivity index (χ3v) is 8.33. The van der Waals surface area contributed by atoms with E-state index in [0.717, 1.165) is 35.5 Å². The van der Waals surface area contributed by atoms with E-state index in [4.69, 9.17) is 21.1 Å². The van der Waals surface area contributed by atoms with Crippen LogP contribution in [0.4, 0.5) is 5.69 Å². The molecule has 3 aromatic carbocycles. The summed E-state index contributed by atoms with van der Waals surface area (Å²) in [6.45, 7) is 3.24. The van der Waals surface area contributed by atoms with Gasteiger partial charge in [-0.3, -0.25) is 9.59 Å². The largest absolute Gasteiger partial charge is 0.493 e. The molecule has 3 aliphatic rings. The topological polar surface area (TPSA) is 62.3 Å². The van der Waals surface area contributed by atoms with Gasteiger partial charge in [0.05, 0.1) is 26.2 Å². The molecule has 3 heterocycles. The molecule has 38 heavy (non-hydrogen) atoms. The van der Waals surface area contributed by atoms with Crippen LogP contribution in [0, 0.1) is 0 Å². The molecule has 0 N–H and O–H groups in total. The lowest BCUT2D eigenvalue weighted by molar-refractivity contribution is -0.135. The van der Waals surface area contributed by atoms with Gasteiger partial charge in [-0.15, -0.1) is 0 Å². The van der Waals surface area contributed by atoms with Crippen LogP contribution in [0.2, 0.25) is 5.02 Å². The van der Waals surface area contributed by atoms with Crippen molar-refractivity contribution in [2.24, 2.45) is 0 Å². The zero-order valence-corrected chi connectivity index (χ0v) is 22.3. The van der Waals surface area contributed by atoms with Crippen LogP contribution >= 0.6 is 11.6 Å². The highest BCUT2D eigenvalue weighted by molar-refractivity contribution is 6.30. The van der Waals surface area contributed by atoms with Crippen LogP contribution in [0.15, 0.2) is 60.7 Å². The van der Waals surface area contributed by atoms with Crippen LogP contribution in [0.5, 0.6) is 11.5 Å². The number of hydrogen-bond donors (Lipinski definition) is 0. The maximum absolute atomic E-state index is 14.3. The second kappa shape index (κ2) is 9.87. The number of amides is 2. The van der Waals surface area contributed by atoms with E-state index in [1.807, 2.05) is 70.5 Å². The van der Waals surface area contributed by atoms with Crippen molar-refractivity contribution in [2.75, 3.05) is 51.8 Å². The Morgan fingerprint density at radius 2 is 1.55 bits per heavy atom. The van der Waals surface area contributed by atoms with Gasteiger partial charge in [0.25, 0.3) is 5.91 Å². The molecule has 1 saturated heterocycles. The summed E-state index contributed by atoms with van der Waals surface area (Å²) in [5.74, 6) is 0.787. The molecule has 0 aromatic heterocycles. The van der Waals surface area contributed by atoms with Gasteiger partial charge < -0.3 is 24.2 Å². The minimum Gasteiger partial charge on any atom is -0.493 e. The lowest BCUT2D eigenvalue weighted by Gasteiger charge is -2.47. The molecule has 0 aliphatic carbocycles. The van der Waals surface area contributed by atoms with Crippen LogP contribution in [0.3, 0.4) is 0 Å². The Bertz CT molecular complexity index is 1380. The predicted octanol–water partition coefficient (Wildman–Crippen LogP) is 4.54. The molecule has 196 valence electrons. The summed E-state index contributed by atoms with van der Waals surface area (Å²) in [5, 5.41) is 0.708. The van der Waals surface area contributed by atoms with Crippen molar-refractivity contribution in [3.63, 3.8) is 0 Å². The monoisotopic (exact) mass is 531 g/mol. The van der Waals surface area contributed by atoms with Gasteiger partial charge in [0.15, 0.2) is 11.5 Å². The van der Waals surface area contributed by atoms with Gasteiger partial charge in [-0.2, -0.15) is 0 Å². The zero-order valence-electron chi connectivity index (χ0n) is 21.5. The van der Waals surface area contributed by atoms with E-state index >= 15 is 0 Å². The molecule has 0 bridgehead atoms. The Hall–Kier alpha value is -3.71. The quantitative estimate of drug-likeness (QED) is 0.494. The summed E-state index contributed by atoms with van der Waals surface area (Å²) in [5.41, 5.74) is 4.55. The van der Waals surface area contributed by atoms with E-state index in [-0.39, 0.29) is 11.8 Å². The zero-order chi connectivity index (χ0) is 26.4. The standard InChI is InChI=1S/C30H30ClN3O4/c1-37-25-17-19-11-12-34-28(24(19)18-26(25)38-2)27(22-5-3-4-6-23(22)29(34)35)30(36)33-15-13-32(14-16-33)21-9-7-20(31)8-10-21/h3-10,17-18,27-28H,11-16H2,1-2H3/t27-,28+/m1/s1. The SMILES string of the molecule is COc1cc2c(cc1OC)[C@H]1[C@H](C(=O)N3CCN(c4ccc(Cl)cc4)CC3)c3ccccc3C(=O)N1CC2. The van der Waals surface area contributed by atoms with E-state index < -0.39 is 12.0 Å². The van der Waals surface area contributed by atoms with Gasteiger partial charge in [0, 0.05) is 49.0 Å². The molecule has 0 saturated carbocycles. The van der Waals surface area contributed by atoms with E-state index in [1.54, 1.807) is 14.2 Å². The number of nitrogens with zero attached hydrogens (tertiary/aromatic N) is 3. The Morgan fingerprint density at radius 3 is 2.26 bits per heavy atom. The lowest BCUT2D eigenvalue weighted by Crippen LogP contribution is -2.54. The summed E-state index contributed by atoms with van der Waals surface area (Å²) in [6.07, 6.45) is 0.695. The first-order valence-corrected chi connectivity index (χ1v) is 13.3. The van der Waals surface area contributed by atoms with Crippen LogP contribution in [0.1, 0.15) is 39.0 Å². The molecular weight excluding hydrogens is 502 g/mol. The van der Waals surface area contributed by atoms with E-state index in [1.165, 1.54) is 0 Å². The highest BCUT2D eigenvalue weighted by Gasteiger charge is 2.48. The fourth-order valence-electron chi connectivity index (χ4n) is 6.15. The van der Waals surface area contributed by atoms with Gasteiger partial charge in [-0.1, -0.05) is 29.8 Å². The Kier molecular flexibility index (Phi) is 6.40. The third kappa shape index (κ3) is 4.06. The predicted molar refractivity (Wildman–Crippen MR) is 146 cm³/mol. The van der Waals surface area contributed by atoms with Gasteiger partial charge in [0.1, 0.15) is 0 Å². The number of piperazine rings is 1. The number of hydrogen-bond acceptors (Lipinski definition) is 5. The minimum absolute atomic E-state index is 0.0253. The molecule has 2 amide bonds. The number of halogens is 1. The average molecular weight is 532 g/mol. The van der Waals surface area contributed by atoms with E-state index in [0.29, 0.717) is 48.1 Å².